The predicted molar refractivity (Wildman–Crippen MR) is 127 cm³/mol. The van der Waals surface area contributed by atoms with Crippen molar-refractivity contribution < 1.29 is 14.1 Å². The zero-order valence-corrected chi connectivity index (χ0v) is 20.6. The van der Waals surface area contributed by atoms with Gasteiger partial charge in [0.15, 0.2) is 5.82 Å². The van der Waals surface area contributed by atoms with E-state index in [1.807, 2.05) is 56.0 Å². The third kappa shape index (κ3) is 4.81. The molecule has 3 aromatic rings. The number of amides is 1. The van der Waals surface area contributed by atoms with Gasteiger partial charge in [0, 0.05) is 24.7 Å². The smallest absolute Gasteiger partial charge is 0.410 e. The number of carbonyl (C=O) groups is 1. The van der Waals surface area contributed by atoms with Crippen LogP contribution in [0, 0.1) is 0 Å². The topological polar surface area (TPSA) is 81.4 Å². The standard InChI is InChI=1S/C25H27BrN4O3/c1-24(2,3)32-23(31)30(19-13-18(19)16-7-5-4-6-8-16)15-25(11-12-25)22-28-21(33-29-22)17-9-10-20(26)27-14-17/h4-10,14,18-19H,11-13,15H2,1-3H3/t18?,19-/m0/s1. The highest BCUT2D eigenvalue weighted by Gasteiger charge is 2.55. The van der Waals surface area contributed by atoms with Gasteiger partial charge in [0.1, 0.15) is 10.2 Å². The van der Waals surface area contributed by atoms with Crippen LogP contribution in [0.3, 0.4) is 0 Å². The third-order valence-electron chi connectivity index (χ3n) is 6.21. The lowest BCUT2D eigenvalue weighted by molar-refractivity contribution is 0.0208. The minimum Gasteiger partial charge on any atom is -0.444 e. The molecule has 0 N–H and O–H groups in total. The lowest BCUT2D eigenvalue weighted by atomic mass is 10.1. The number of carbonyl (C=O) groups excluding carboxylic acids is 1. The SMILES string of the molecule is CC(C)(C)OC(=O)N(CC1(c2noc(-c3ccc(Br)nc3)n2)CC1)[C@H]1CC1c1ccccc1. The molecule has 5 rings (SSSR count). The third-order valence-corrected chi connectivity index (χ3v) is 6.68. The average Bonchev–Trinajstić information content (AvgIpc) is 3.69. The van der Waals surface area contributed by atoms with E-state index in [1.165, 1.54) is 5.56 Å². The fourth-order valence-electron chi connectivity index (χ4n) is 4.21. The van der Waals surface area contributed by atoms with Crippen LogP contribution in [0.15, 0.2) is 57.8 Å². The first-order valence-electron chi connectivity index (χ1n) is 11.2. The molecule has 2 aromatic heterocycles. The lowest BCUT2D eigenvalue weighted by Gasteiger charge is -2.30. The van der Waals surface area contributed by atoms with Crippen molar-refractivity contribution in [3.8, 4) is 11.5 Å². The summed E-state index contributed by atoms with van der Waals surface area (Å²) in [6, 6.07) is 14.2. The maximum absolute atomic E-state index is 13.2. The molecule has 0 aliphatic heterocycles. The Morgan fingerprint density at radius 3 is 2.61 bits per heavy atom. The number of aromatic nitrogens is 3. The van der Waals surface area contributed by atoms with Gasteiger partial charge in [0.2, 0.25) is 0 Å². The van der Waals surface area contributed by atoms with Gasteiger partial charge < -0.3 is 14.2 Å². The first-order valence-corrected chi connectivity index (χ1v) is 12.0. The average molecular weight is 511 g/mol. The lowest BCUT2D eigenvalue weighted by Crippen LogP contribution is -2.43. The molecule has 33 heavy (non-hydrogen) atoms. The molecule has 0 radical (unpaired) electrons. The van der Waals surface area contributed by atoms with Gasteiger partial charge in [-0.1, -0.05) is 35.5 Å². The number of hydrogen-bond acceptors (Lipinski definition) is 6. The number of ether oxygens (including phenoxy) is 1. The summed E-state index contributed by atoms with van der Waals surface area (Å²) in [6.45, 7) is 6.22. The summed E-state index contributed by atoms with van der Waals surface area (Å²) in [5.74, 6) is 1.41. The van der Waals surface area contributed by atoms with Gasteiger partial charge in [-0.2, -0.15) is 4.98 Å². The molecule has 1 amide bonds. The predicted octanol–water partition coefficient (Wildman–Crippen LogP) is 5.72. The summed E-state index contributed by atoms with van der Waals surface area (Å²) in [7, 11) is 0. The minimum absolute atomic E-state index is 0.113. The fourth-order valence-corrected chi connectivity index (χ4v) is 4.44. The summed E-state index contributed by atoms with van der Waals surface area (Å²) < 4.78 is 12.1. The molecule has 1 aromatic carbocycles. The molecule has 2 fully saturated rings. The van der Waals surface area contributed by atoms with Crippen molar-refractivity contribution in [2.24, 2.45) is 0 Å². The maximum Gasteiger partial charge on any atom is 0.410 e. The highest BCUT2D eigenvalue weighted by molar-refractivity contribution is 9.10. The Morgan fingerprint density at radius 1 is 1.21 bits per heavy atom. The van der Waals surface area contributed by atoms with Crippen molar-refractivity contribution in [2.45, 2.75) is 63.0 Å². The van der Waals surface area contributed by atoms with Crippen LogP contribution in [-0.2, 0) is 10.2 Å². The Morgan fingerprint density at radius 2 is 1.97 bits per heavy atom. The fraction of sp³-hybridized carbons (Fsp3) is 0.440. The van der Waals surface area contributed by atoms with Crippen molar-refractivity contribution in [3.05, 3.63) is 64.7 Å². The molecular formula is C25H27BrN4O3. The van der Waals surface area contributed by atoms with Crippen LogP contribution < -0.4 is 0 Å². The second-order valence-corrected chi connectivity index (χ2v) is 10.8. The zero-order valence-electron chi connectivity index (χ0n) is 19.0. The Kier molecular flexibility index (Phi) is 5.51. The van der Waals surface area contributed by atoms with Crippen molar-refractivity contribution in [3.63, 3.8) is 0 Å². The summed E-state index contributed by atoms with van der Waals surface area (Å²) in [6.07, 6.45) is 4.17. The van der Waals surface area contributed by atoms with Crippen LogP contribution >= 0.6 is 15.9 Å². The van der Waals surface area contributed by atoms with Gasteiger partial charge in [-0.15, -0.1) is 0 Å². The number of hydrogen-bond donors (Lipinski definition) is 0. The summed E-state index contributed by atoms with van der Waals surface area (Å²) in [5.41, 5.74) is 1.16. The zero-order chi connectivity index (χ0) is 23.2. The Balaban J connectivity index is 1.37. The largest absolute Gasteiger partial charge is 0.444 e. The van der Waals surface area contributed by atoms with Crippen molar-refractivity contribution in [1.82, 2.24) is 20.0 Å². The van der Waals surface area contributed by atoms with Crippen molar-refractivity contribution in [2.75, 3.05) is 6.54 Å². The van der Waals surface area contributed by atoms with Crippen molar-refractivity contribution >= 4 is 22.0 Å². The second kappa shape index (κ2) is 8.24. The second-order valence-electron chi connectivity index (χ2n) is 10.0. The molecule has 2 saturated carbocycles. The Bertz CT molecular complexity index is 1140. The molecule has 0 bridgehead atoms. The van der Waals surface area contributed by atoms with E-state index < -0.39 is 5.60 Å². The van der Waals surface area contributed by atoms with Gasteiger partial charge in [0.05, 0.1) is 11.0 Å². The molecule has 8 heteroatoms. The number of benzene rings is 1. The first kappa shape index (κ1) is 22.1. The number of rotatable bonds is 6. The molecule has 0 spiro atoms. The first-order chi connectivity index (χ1) is 15.7. The summed E-state index contributed by atoms with van der Waals surface area (Å²) in [4.78, 5) is 24.0. The maximum atomic E-state index is 13.2. The summed E-state index contributed by atoms with van der Waals surface area (Å²) >= 11 is 3.34. The monoisotopic (exact) mass is 510 g/mol. The van der Waals surface area contributed by atoms with Crippen LogP contribution in [0.5, 0.6) is 0 Å². The van der Waals surface area contributed by atoms with Gasteiger partial charge in [-0.25, -0.2) is 9.78 Å². The van der Waals surface area contributed by atoms with Crippen LogP contribution in [0.25, 0.3) is 11.5 Å². The molecule has 172 valence electrons. The van der Waals surface area contributed by atoms with Crippen LogP contribution in [-0.4, -0.2) is 44.3 Å². The Labute approximate surface area is 201 Å². The molecular weight excluding hydrogens is 484 g/mol. The quantitative estimate of drug-likeness (QED) is 0.394. The molecule has 1 unspecified atom stereocenters. The van der Waals surface area contributed by atoms with E-state index in [-0.39, 0.29) is 17.6 Å². The molecule has 2 aliphatic rings. The number of halogens is 1. The van der Waals surface area contributed by atoms with E-state index in [0.717, 1.165) is 29.4 Å². The number of pyridine rings is 1. The molecule has 2 atom stereocenters. The van der Waals surface area contributed by atoms with Gasteiger partial charge in [-0.3, -0.25) is 0 Å². The van der Waals surface area contributed by atoms with E-state index in [9.17, 15) is 4.79 Å². The van der Waals surface area contributed by atoms with E-state index in [0.29, 0.717) is 24.2 Å². The van der Waals surface area contributed by atoms with E-state index in [4.69, 9.17) is 9.26 Å². The van der Waals surface area contributed by atoms with Crippen molar-refractivity contribution in [1.29, 1.82) is 0 Å². The van der Waals surface area contributed by atoms with E-state index in [1.54, 1.807) is 6.20 Å². The highest BCUT2D eigenvalue weighted by Crippen LogP contribution is 2.52. The number of nitrogens with zero attached hydrogens (tertiary/aromatic N) is 4. The van der Waals surface area contributed by atoms with Crippen LogP contribution in [0.1, 0.15) is 57.3 Å². The minimum atomic E-state index is -0.558. The van der Waals surface area contributed by atoms with Gasteiger partial charge in [0.25, 0.3) is 5.89 Å². The van der Waals surface area contributed by atoms with E-state index in [2.05, 4.69) is 43.2 Å². The summed E-state index contributed by atoms with van der Waals surface area (Å²) in [5, 5.41) is 4.29. The Hall–Kier alpha value is -2.74. The van der Waals surface area contributed by atoms with Crippen LogP contribution in [0.2, 0.25) is 0 Å². The molecule has 2 aliphatic carbocycles. The van der Waals surface area contributed by atoms with E-state index >= 15 is 0 Å². The van der Waals surface area contributed by atoms with Crippen LogP contribution in [0.4, 0.5) is 4.79 Å². The molecule has 7 nitrogen and oxygen atoms in total. The molecule has 2 heterocycles. The highest BCUT2D eigenvalue weighted by atomic mass is 79.9. The van der Waals surface area contributed by atoms with Gasteiger partial charge in [-0.05, 0) is 73.7 Å². The van der Waals surface area contributed by atoms with Gasteiger partial charge >= 0.3 is 6.09 Å². The normalized spacial score (nSPS) is 20.8. The molecule has 0 saturated heterocycles.